The van der Waals surface area contributed by atoms with Gasteiger partial charge in [0.1, 0.15) is 5.82 Å². The molecular weight excluding hydrogens is 196 g/mol. The second-order valence-corrected chi connectivity index (χ2v) is 3.74. The Hall–Kier alpha value is -0.790. The van der Waals surface area contributed by atoms with Crippen LogP contribution in [0.4, 0.5) is 0 Å². The molecule has 0 radical (unpaired) electrons. The van der Waals surface area contributed by atoms with Crippen LogP contribution >= 0.6 is 0 Å². The van der Waals surface area contributed by atoms with Gasteiger partial charge in [-0.15, -0.1) is 0 Å². The summed E-state index contributed by atoms with van der Waals surface area (Å²) in [6.07, 6.45) is 4.08. The third kappa shape index (κ3) is 6.65. The zero-order chi connectivity index (χ0) is 13.1. The largest absolute Gasteiger partial charge is 0.335 e. The lowest BCUT2D eigenvalue weighted by atomic mass is 10.3. The van der Waals surface area contributed by atoms with Crippen LogP contribution in [0.25, 0.3) is 0 Å². The molecule has 0 saturated carbocycles. The Labute approximate surface area is 102 Å². The summed E-state index contributed by atoms with van der Waals surface area (Å²) in [5.41, 5.74) is 2.39. The Morgan fingerprint density at radius 1 is 1.00 bits per heavy atom. The van der Waals surface area contributed by atoms with Crippen LogP contribution in [0.3, 0.4) is 0 Å². The fourth-order valence-corrected chi connectivity index (χ4v) is 1.24. The number of aromatic nitrogens is 2. The van der Waals surface area contributed by atoms with Crippen molar-refractivity contribution in [2.24, 2.45) is 7.05 Å². The van der Waals surface area contributed by atoms with Gasteiger partial charge in [-0.25, -0.2) is 4.98 Å². The average Bonchev–Trinajstić information content (AvgIpc) is 2.51. The Bertz CT molecular complexity index is 237. The minimum atomic E-state index is 1.09. The van der Waals surface area contributed by atoms with Crippen molar-refractivity contribution < 1.29 is 0 Å². The van der Waals surface area contributed by atoms with Crippen LogP contribution in [0.1, 0.15) is 64.2 Å². The number of hydrogen-bond donors (Lipinski definition) is 0. The van der Waals surface area contributed by atoms with Crippen LogP contribution in [-0.2, 0) is 7.05 Å². The monoisotopic (exact) mass is 226 g/mol. The first-order chi connectivity index (χ1) is 7.54. The highest BCUT2D eigenvalue weighted by molar-refractivity contribution is 5.12. The number of nitrogens with zero attached hydrogens (tertiary/aromatic N) is 2. The van der Waals surface area contributed by atoms with Crippen molar-refractivity contribution >= 4 is 0 Å². The molecule has 0 N–H and O–H groups in total. The Morgan fingerprint density at radius 3 is 1.50 bits per heavy atom. The summed E-state index contributed by atoms with van der Waals surface area (Å²) in [5, 5.41) is 0. The summed E-state index contributed by atoms with van der Waals surface area (Å²) in [6, 6.07) is 0. The van der Waals surface area contributed by atoms with E-state index in [1.807, 2.05) is 34.7 Å². The molecule has 2 heteroatoms. The van der Waals surface area contributed by atoms with Crippen LogP contribution < -0.4 is 0 Å². The van der Waals surface area contributed by atoms with E-state index in [0.717, 1.165) is 11.5 Å². The van der Waals surface area contributed by atoms with Crippen molar-refractivity contribution in [1.82, 2.24) is 9.55 Å². The first kappa shape index (κ1) is 17.6. The van der Waals surface area contributed by atoms with Crippen molar-refractivity contribution in [2.75, 3.05) is 0 Å². The smallest absolute Gasteiger partial charge is 0.105 e. The number of imidazole rings is 1. The van der Waals surface area contributed by atoms with Crippen LogP contribution in [0.15, 0.2) is 0 Å². The minimum Gasteiger partial charge on any atom is -0.335 e. The number of unbranched alkanes of at least 4 members (excludes halogenated alkanes) is 2. The maximum absolute atomic E-state index is 4.27. The van der Waals surface area contributed by atoms with E-state index >= 15 is 0 Å². The topological polar surface area (TPSA) is 17.8 Å². The van der Waals surface area contributed by atoms with Crippen LogP contribution in [-0.4, -0.2) is 9.55 Å². The van der Waals surface area contributed by atoms with E-state index in [9.17, 15) is 0 Å². The summed E-state index contributed by atoms with van der Waals surface area (Å²) in [4.78, 5) is 4.27. The normalized spacial score (nSPS) is 8.75. The van der Waals surface area contributed by atoms with E-state index in [-0.39, 0.29) is 0 Å². The lowest BCUT2D eigenvalue weighted by Gasteiger charge is -1.94. The molecule has 2 nitrogen and oxygen atoms in total. The molecule has 0 spiro atoms. The van der Waals surface area contributed by atoms with Gasteiger partial charge in [-0.2, -0.15) is 0 Å². The Morgan fingerprint density at radius 2 is 1.44 bits per heavy atom. The molecule has 1 aromatic heterocycles. The number of aryl methyl sites for hydroxylation is 2. The molecule has 0 unspecified atom stereocenters. The van der Waals surface area contributed by atoms with Gasteiger partial charge < -0.3 is 4.57 Å². The molecule has 0 atom stereocenters. The highest BCUT2D eigenvalue weighted by Gasteiger charge is 2.00. The van der Waals surface area contributed by atoms with Crippen molar-refractivity contribution in [2.45, 2.75) is 67.7 Å². The predicted molar refractivity (Wildman–Crippen MR) is 74.0 cm³/mol. The lowest BCUT2D eigenvalue weighted by Crippen LogP contribution is -1.92. The number of hydrogen-bond acceptors (Lipinski definition) is 1. The summed E-state index contributed by atoms with van der Waals surface area (Å²) in [5.74, 6) is 1.09. The van der Waals surface area contributed by atoms with E-state index in [0.29, 0.717) is 0 Å². The lowest BCUT2D eigenvalue weighted by molar-refractivity contribution is 0.772. The summed E-state index contributed by atoms with van der Waals surface area (Å²) >= 11 is 0. The third-order valence-corrected chi connectivity index (χ3v) is 2.55. The van der Waals surface area contributed by atoms with Gasteiger partial charge in [0.05, 0.1) is 5.69 Å². The molecule has 1 rings (SSSR count). The molecule has 96 valence electrons. The average molecular weight is 226 g/mol. The molecule has 0 bridgehead atoms. The quantitative estimate of drug-likeness (QED) is 0.722. The van der Waals surface area contributed by atoms with Crippen LogP contribution in [0.2, 0.25) is 0 Å². The van der Waals surface area contributed by atoms with Crippen molar-refractivity contribution in [3.63, 3.8) is 0 Å². The maximum Gasteiger partial charge on any atom is 0.105 e. The highest BCUT2D eigenvalue weighted by Crippen LogP contribution is 2.05. The highest BCUT2D eigenvalue weighted by atomic mass is 15.1. The van der Waals surface area contributed by atoms with Gasteiger partial charge in [0, 0.05) is 12.7 Å². The van der Waals surface area contributed by atoms with Gasteiger partial charge in [-0.3, -0.25) is 0 Å². The summed E-state index contributed by atoms with van der Waals surface area (Å²) in [7, 11) is 2.03. The van der Waals surface area contributed by atoms with E-state index < -0.39 is 0 Å². The van der Waals surface area contributed by atoms with E-state index in [1.165, 1.54) is 25.0 Å². The Kier molecular flexibility index (Phi) is 11.8. The molecule has 0 saturated heterocycles. The van der Waals surface area contributed by atoms with Gasteiger partial charge in [-0.05, 0) is 20.8 Å². The predicted octanol–water partition coefficient (Wildman–Crippen LogP) is 4.57. The standard InChI is InChI=1S/C7H12N2.C5H12.C2H6/c1-5-6(2)9(4)7(3)8-5;1-3-5-4-2;1-2/h1-4H3;3-5H2,1-2H3;1-2H3. The summed E-state index contributed by atoms with van der Waals surface area (Å²) < 4.78 is 2.09. The van der Waals surface area contributed by atoms with Gasteiger partial charge in [0.15, 0.2) is 0 Å². The fraction of sp³-hybridized carbons (Fsp3) is 0.786. The van der Waals surface area contributed by atoms with Gasteiger partial charge in [0.25, 0.3) is 0 Å². The second kappa shape index (κ2) is 10.7. The van der Waals surface area contributed by atoms with Crippen molar-refractivity contribution in [1.29, 1.82) is 0 Å². The minimum absolute atomic E-state index is 1.09. The molecule has 0 aliphatic rings. The Balaban J connectivity index is 0. The van der Waals surface area contributed by atoms with Crippen LogP contribution in [0, 0.1) is 20.8 Å². The van der Waals surface area contributed by atoms with Gasteiger partial charge in [-0.1, -0.05) is 47.0 Å². The second-order valence-electron chi connectivity index (χ2n) is 3.74. The molecule has 0 aliphatic heterocycles. The molecule has 0 amide bonds. The zero-order valence-electron chi connectivity index (χ0n) is 12.5. The molecular formula is C14H30N2. The summed E-state index contributed by atoms with van der Waals surface area (Å²) in [6.45, 7) is 14.5. The van der Waals surface area contributed by atoms with Crippen LogP contribution in [0.5, 0.6) is 0 Å². The zero-order valence-corrected chi connectivity index (χ0v) is 12.5. The molecule has 0 aromatic carbocycles. The van der Waals surface area contributed by atoms with Gasteiger partial charge in [0.2, 0.25) is 0 Å². The first-order valence-corrected chi connectivity index (χ1v) is 6.51. The van der Waals surface area contributed by atoms with E-state index in [2.05, 4.69) is 30.3 Å². The molecule has 0 fully saturated rings. The van der Waals surface area contributed by atoms with Gasteiger partial charge >= 0.3 is 0 Å². The third-order valence-electron chi connectivity index (χ3n) is 2.55. The van der Waals surface area contributed by atoms with E-state index in [1.54, 1.807) is 0 Å². The van der Waals surface area contributed by atoms with Crippen molar-refractivity contribution in [3.05, 3.63) is 17.2 Å². The fourth-order valence-electron chi connectivity index (χ4n) is 1.24. The molecule has 1 heterocycles. The number of rotatable bonds is 2. The molecule has 16 heavy (non-hydrogen) atoms. The molecule has 0 aliphatic carbocycles. The first-order valence-electron chi connectivity index (χ1n) is 6.51. The molecule has 1 aromatic rings. The van der Waals surface area contributed by atoms with E-state index in [4.69, 9.17) is 0 Å². The van der Waals surface area contributed by atoms with Crippen molar-refractivity contribution in [3.8, 4) is 0 Å². The maximum atomic E-state index is 4.27. The SMILES string of the molecule is CC.CCCCC.Cc1nc(C)n(C)c1C.